The molecule has 0 saturated carbocycles. The van der Waals surface area contributed by atoms with Gasteiger partial charge in [-0.3, -0.25) is 9.59 Å². The van der Waals surface area contributed by atoms with E-state index in [0.717, 1.165) is 18.4 Å². The van der Waals surface area contributed by atoms with Crippen LogP contribution in [0.3, 0.4) is 0 Å². The van der Waals surface area contributed by atoms with E-state index in [1.54, 1.807) is 19.2 Å². The fourth-order valence-electron chi connectivity index (χ4n) is 2.24. The first-order chi connectivity index (χ1) is 9.70. The number of hydrogen-bond acceptors (Lipinski definition) is 3. The normalized spacial score (nSPS) is 19.1. The Kier molecular flexibility index (Phi) is 5.12. The number of amides is 2. The van der Waals surface area contributed by atoms with E-state index in [0.29, 0.717) is 25.1 Å². The van der Waals surface area contributed by atoms with E-state index >= 15 is 0 Å². The fraction of sp³-hybridized carbons (Fsp3) is 0.467. The molecule has 5 nitrogen and oxygen atoms in total. The summed E-state index contributed by atoms with van der Waals surface area (Å²) in [7, 11) is 1.63. The van der Waals surface area contributed by atoms with E-state index < -0.39 is 6.04 Å². The summed E-state index contributed by atoms with van der Waals surface area (Å²) >= 11 is 0. The first-order valence-corrected chi connectivity index (χ1v) is 6.87. The van der Waals surface area contributed by atoms with Gasteiger partial charge < -0.3 is 15.4 Å². The van der Waals surface area contributed by atoms with Crippen LogP contribution in [0, 0.1) is 0 Å². The van der Waals surface area contributed by atoms with E-state index in [4.69, 9.17) is 4.74 Å². The predicted molar refractivity (Wildman–Crippen MR) is 75.3 cm³/mol. The van der Waals surface area contributed by atoms with Gasteiger partial charge in [0.1, 0.15) is 6.04 Å². The molecule has 0 aliphatic carbocycles. The van der Waals surface area contributed by atoms with Crippen LogP contribution in [0.25, 0.3) is 0 Å². The van der Waals surface area contributed by atoms with Crippen LogP contribution in [-0.4, -0.2) is 31.5 Å². The van der Waals surface area contributed by atoms with Crippen LogP contribution in [0.1, 0.15) is 35.2 Å². The van der Waals surface area contributed by atoms with Gasteiger partial charge in [0.2, 0.25) is 5.91 Å². The third-order valence-corrected chi connectivity index (χ3v) is 3.37. The van der Waals surface area contributed by atoms with E-state index in [-0.39, 0.29) is 11.8 Å². The molecule has 0 aromatic heterocycles. The average molecular weight is 276 g/mol. The van der Waals surface area contributed by atoms with Gasteiger partial charge in [0, 0.05) is 19.2 Å². The summed E-state index contributed by atoms with van der Waals surface area (Å²) in [4.78, 5) is 23.9. The maximum absolute atomic E-state index is 12.1. The second-order valence-corrected chi connectivity index (χ2v) is 4.94. The number of hydrogen-bond donors (Lipinski definition) is 2. The van der Waals surface area contributed by atoms with Crippen LogP contribution in [0.2, 0.25) is 0 Å². The Labute approximate surface area is 118 Å². The van der Waals surface area contributed by atoms with Crippen molar-refractivity contribution in [2.75, 3.05) is 13.7 Å². The highest BCUT2D eigenvalue weighted by Crippen LogP contribution is 2.09. The predicted octanol–water partition coefficient (Wildman–Crippen LogP) is 1.23. The standard InChI is InChI=1S/C15H20N2O3/c1-20-10-11-5-7-12(8-6-11)14(18)17-13-4-2-3-9-16-15(13)19/h5-8,13H,2-4,9-10H2,1H3,(H,16,19)(H,17,18)/t13-/m0/s1. The summed E-state index contributed by atoms with van der Waals surface area (Å²) in [6.45, 7) is 1.21. The molecule has 1 atom stereocenters. The first-order valence-electron chi connectivity index (χ1n) is 6.87. The Morgan fingerprint density at radius 1 is 1.35 bits per heavy atom. The number of benzene rings is 1. The molecule has 1 saturated heterocycles. The monoisotopic (exact) mass is 276 g/mol. The molecule has 1 fully saturated rings. The zero-order valence-electron chi connectivity index (χ0n) is 11.6. The number of rotatable bonds is 4. The van der Waals surface area contributed by atoms with Gasteiger partial charge in [-0.1, -0.05) is 12.1 Å². The molecule has 1 heterocycles. The lowest BCUT2D eigenvalue weighted by Gasteiger charge is -2.15. The molecule has 0 bridgehead atoms. The maximum atomic E-state index is 12.1. The Morgan fingerprint density at radius 3 is 2.80 bits per heavy atom. The van der Waals surface area contributed by atoms with Gasteiger partial charge in [-0.2, -0.15) is 0 Å². The molecule has 2 rings (SSSR count). The van der Waals surface area contributed by atoms with Gasteiger partial charge in [0.15, 0.2) is 0 Å². The van der Waals surface area contributed by atoms with Crippen molar-refractivity contribution in [1.29, 1.82) is 0 Å². The zero-order chi connectivity index (χ0) is 14.4. The van der Waals surface area contributed by atoms with Gasteiger partial charge >= 0.3 is 0 Å². The minimum atomic E-state index is -0.427. The van der Waals surface area contributed by atoms with Crippen LogP contribution >= 0.6 is 0 Å². The van der Waals surface area contributed by atoms with Crippen molar-refractivity contribution in [3.8, 4) is 0 Å². The van der Waals surface area contributed by atoms with Crippen molar-refractivity contribution in [2.45, 2.75) is 31.9 Å². The highest BCUT2D eigenvalue weighted by Gasteiger charge is 2.22. The number of carbonyl (C=O) groups excluding carboxylic acids is 2. The third-order valence-electron chi connectivity index (χ3n) is 3.37. The summed E-state index contributed by atoms with van der Waals surface area (Å²) in [5, 5.41) is 5.60. The van der Waals surface area contributed by atoms with Crippen molar-refractivity contribution >= 4 is 11.8 Å². The maximum Gasteiger partial charge on any atom is 0.251 e. The summed E-state index contributed by atoms with van der Waals surface area (Å²) in [5.41, 5.74) is 1.57. The second-order valence-electron chi connectivity index (χ2n) is 4.94. The molecule has 2 amide bonds. The molecule has 20 heavy (non-hydrogen) atoms. The van der Waals surface area contributed by atoms with Crippen molar-refractivity contribution < 1.29 is 14.3 Å². The summed E-state index contributed by atoms with van der Waals surface area (Å²) in [5.74, 6) is -0.303. The smallest absolute Gasteiger partial charge is 0.251 e. The van der Waals surface area contributed by atoms with Gasteiger partial charge in [0.25, 0.3) is 5.91 Å². The van der Waals surface area contributed by atoms with E-state index in [1.165, 1.54) is 0 Å². The Balaban J connectivity index is 1.98. The minimum absolute atomic E-state index is 0.0909. The van der Waals surface area contributed by atoms with Gasteiger partial charge in [-0.15, -0.1) is 0 Å². The fourth-order valence-corrected chi connectivity index (χ4v) is 2.24. The molecule has 0 spiro atoms. The van der Waals surface area contributed by atoms with Crippen molar-refractivity contribution in [3.05, 3.63) is 35.4 Å². The van der Waals surface area contributed by atoms with Gasteiger partial charge in [-0.05, 0) is 37.0 Å². The SMILES string of the molecule is COCc1ccc(C(=O)N[C@H]2CCCCNC2=O)cc1. The van der Waals surface area contributed by atoms with Crippen LogP contribution < -0.4 is 10.6 Å². The summed E-state index contributed by atoms with van der Waals surface area (Å²) < 4.78 is 5.02. The highest BCUT2D eigenvalue weighted by molar-refractivity contribution is 5.97. The molecule has 1 aliphatic rings. The average Bonchev–Trinajstić information content (AvgIpc) is 2.65. The number of carbonyl (C=O) groups is 2. The summed E-state index contributed by atoms with van der Waals surface area (Å²) in [6, 6.07) is 6.77. The third kappa shape index (κ3) is 3.81. The topological polar surface area (TPSA) is 67.4 Å². The van der Waals surface area contributed by atoms with Gasteiger partial charge in [0.05, 0.1) is 6.61 Å². The molecule has 0 radical (unpaired) electrons. The number of nitrogens with one attached hydrogen (secondary N) is 2. The largest absolute Gasteiger partial charge is 0.380 e. The van der Waals surface area contributed by atoms with Crippen molar-refractivity contribution in [1.82, 2.24) is 10.6 Å². The number of ether oxygens (including phenoxy) is 1. The van der Waals surface area contributed by atoms with Gasteiger partial charge in [-0.25, -0.2) is 0 Å². The molecule has 108 valence electrons. The molecule has 1 aliphatic heterocycles. The highest BCUT2D eigenvalue weighted by atomic mass is 16.5. The zero-order valence-corrected chi connectivity index (χ0v) is 11.6. The van der Waals surface area contributed by atoms with Crippen LogP contribution in [0.4, 0.5) is 0 Å². The van der Waals surface area contributed by atoms with Crippen LogP contribution in [0.15, 0.2) is 24.3 Å². The van der Waals surface area contributed by atoms with Crippen molar-refractivity contribution in [3.63, 3.8) is 0 Å². The lowest BCUT2D eigenvalue weighted by Crippen LogP contribution is -2.45. The van der Waals surface area contributed by atoms with Crippen LogP contribution in [-0.2, 0) is 16.1 Å². The molecule has 1 aromatic carbocycles. The Bertz CT molecular complexity index is 471. The van der Waals surface area contributed by atoms with E-state index in [9.17, 15) is 9.59 Å². The van der Waals surface area contributed by atoms with E-state index in [2.05, 4.69) is 10.6 Å². The molecule has 2 N–H and O–H groups in total. The minimum Gasteiger partial charge on any atom is -0.380 e. The lowest BCUT2D eigenvalue weighted by molar-refractivity contribution is -0.122. The molecular weight excluding hydrogens is 256 g/mol. The lowest BCUT2D eigenvalue weighted by atomic mass is 10.1. The molecule has 5 heteroatoms. The van der Waals surface area contributed by atoms with Crippen molar-refractivity contribution in [2.24, 2.45) is 0 Å². The van der Waals surface area contributed by atoms with E-state index in [1.807, 2.05) is 12.1 Å². The molecule has 1 aromatic rings. The Hall–Kier alpha value is -1.88. The Morgan fingerprint density at radius 2 is 2.10 bits per heavy atom. The molecular formula is C15H20N2O3. The van der Waals surface area contributed by atoms with Crippen LogP contribution in [0.5, 0.6) is 0 Å². The quantitative estimate of drug-likeness (QED) is 0.869. The first kappa shape index (κ1) is 14.5. The molecule has 0 unspecified atom stereocenters. The summed E-state index contributed by atoms with van der Waals surface area (Å²) in [6.07, 6.45) is 2.60. The number of methoxy groups -OCH3 is 1. The second kappa shape index (κ2) is 7.05.